The number of hydrogen-bond acceptors (Lipinski definition) is 4. The largest absolute Gasteiger partial charge is 0.492 e. The Labute approximate surface area is 135 Å². The molecule has 0 aromatic heterocycles. The van der Waals surface area contributed by atoms with Gasteiger partial charge in [-0.05, 0) is 31.3 Å². The summed E-state index contributed by atoms with van der Waals surface area (Å²) in [5.41, 5.74) is 0. The van der Waals surface area contributed by atoms with Crippen LogP contribution in [0.25, 0.3) is 0 Å². The first kappa shape index (κ1) is 18.3. The minimum absolute atomic E-state index is 0.0839. The number of rotatable bonds is 9. The molecular weight excluding hydrogens is 306 g/mol. The van der Waals surface area contributed by atoms with E-state index in [2.05, 4.69) is 10.6 Å². The normalized spacial score (nSPS) is 10.4. The second-order valence-electron chi connectivity index (χ2n) is 4.87. The number of amides is 2. The maximum atomic E-state index is 11.6. The first-order valence-corrected chi connectivity index (χ1v) is 7.43. The molecule has 122 valence electrons. The third kappa shape index (κ3) is 8.49. The average molecular weight is 328 g/mol. The standard InChI is InChI=1S/C15H22ClN3O3/c1-12(20)17-7-8-18-15(21)11-19(2)9-10-22-14-5-3-13(16)4-6-14/h3-6H,7-11H2,1-2H3,(H,17,20)(H,18,21). The highest BCUT2D eigenvalue weighted by Gasteiger charge is 2.06. The third-order valence-electron chi connectivity index (χ3n) is 2.79. The predicted molar refractivity (Wildman–Crippen MR) is 86.1 cm³/mol. The molecule has 7 heteroatoms. The molecule has 2 amide bonds. The van der Waals surface area contributed by atoms with E-state index in [1.807, 2.05) is 11.9 Å². The molecule has 0 heterocycles. The van der Waals surface area contributed by atoms with Gasteiger partial charge in [0.25, 0.3) is 0 Å². The van der Waals surface area contributed by atoms with Crippen LogP contribution in [0.2, 0.25) is 5.02 Å². The molecule has 0 aliphatic rings. The summed E-state index contributed by atoms with van der Waals surface area (Å²) in [7, 11) is 1.85. The monoisotopic (exact) mass is 327 g/mol. The number of carbonyl (C=O) groups excluding carboxylic acids is 2. The SMILES string of the molecule is CC(=O)NCCNC(=O)CN(C)CCOc1ccc(Cl)cc1. The van der Waals surface area contributed by atoms with Crippen molar-refractivity contribution >= 4 is 23.4 Å². The van der Waals surface area contributed by atoms with Crippen LogP contribution < -0.4 is 15.4 Å². The van der Waals surface area contributed by atoms with Crippen molar-refractivity contribution in [2.24, 2.45) is 0 Å². The Morgan fingerprint density at radius 2 is 1.82 bits per heavy atom. The van der Waals surface area contributed by atoms with E-state index in [-0.39, 0.29) is 18.4 Å². The van der Waals surface area contributed by atoms with E-state index in [1.165, 1.54) is 6.92 Å². The molecule has 2 N–H and O–H groups in total. The summed E-state index contributed by atoms with van der Waals surface area (Å²) >= 11 is 5.79. The molecule has 0 aliphatic carbocycles. The number of hydrogen-bond donors (Lipinski definition) is 2. The van der Waals surface area contributed by atoms with Crippen LogP contribution in [0.4, 0.5) is 0 Å². The molecule has 0 spiro atoms. The fourth-order valence-corrected chi connectivity index (χ4v) is 1.80. The Morgan fingerprint density at radius 1 is 1.18 bits per heavy atom. The molecule has 0 aliphatic heterocycles. The van der Waals surface area contributed by atoms with E-state index in [0.717, 1.165) is 5.75 Å². The van der Waals surface area contributed by atoms with Crippen molar-refractivity contribution in [3.8, 4) is 5.75 Å². The van der Waals surface area contributed by atoms with E-state index in [1.54, 1.807) is 24.3 Å². The van der Waals surface area contributed by atoms with Gasteiger partial charge in [0.05, 0.1) is 6.54 Å². The molecule has 1 rings (SSSR count). The lowest BCUT2D eigenvalue weighted by molar-refractivity contribution is -0.122. The number of ether oxygens (including phenoxy) is 1. The van der Waals surface area contributed by atoms with Crippen LogP contribution in [0.3, 0.4) is 0 Å². The summed E-state index contributed by atoms with van der Waals surface area (Å²) in [6, 6.07) is 7.14. The summed E-state index contributed by atoms with van der Waals surface area (Å²) in [6.45, 7) is 3.69. The summed E-state index contributed by atoms with van der Waals surface area (Å²) in [6.07, 6.45) is 0. The van der Waals surface area contributed by atoms with Crippen LogP contribution in [0, 0.1) is 0 Å². The van der Waals surface area contributed by atoms with Crippen LogP contribution in [-0.4, -0.2) is 56.5 Å². The van der Waals surface area contributed by atoms with Crippen LogP contribution in [0.15, 0.2) is 24.3 Å². The lowest BCUT2D eigenvalue weighted by atomic mass is 10.3. The second-order valence-corrected chi connectivity index (χ2v) is 5.31. The fraction of sp³-hybridized carbons (Fsp3) is 0.467. The summed E-state index contributed by atoms with van der Waals surface area (Å²) in [5.74, 6) is 0.558. The summed E-state index contributed by atoms with van der Waals surface area (Å²) < 4.78 is 5.56. The smallest absolute Gasteiger partial charge is 0.234 e. The van der Waals surface area contributed by atoms with Crippen molar-refractivity contribution in [1.82, 2.24) is 15.5 Å². The number of halogens is 1. The molecular formula is C15H22ClN3O3. The van der Waals surface area contributed by atoms with Gasteiger partial charge in [0.1, 0.15) is 12.4 Å². The Balaban J connectivity index is 2.11. The van der Waals surface area contributed by atoms with E-state index >= 15 is 0 Å². The van der Waals surface area contributed by atoms with Gasteiger partial charge < -0.3 is 15.4 Å². The molecule has 0 bridgehead atoms. The molecule has 1 aromatic carbocycles. The zero-order chi connectivity index (χ0) is 16.4. The maximum Gasteiger partial charge on any atom is 0.234 e. The Hall–Kier alpha value is -1.79. The molecule has 1 aromatic rings. The van der Waals surface area contributed by atoms with Crippen molar-refractivity contribution in [3.63, 3.8) is 0 Å². The van der Waals surface area contributed by atoms with Gasteiger partial charge in [-0.2, -0.15) is 0 Å². The third-order valence-corrected chi connectivity index (χ3v) is 3.04. The van der Waals surface area contributed by atoms with E-state index < -0.39 is 0 Å². The molecule has 22 heavy (non-hydrogen) atoms. The average Bonchev–Trinajstić information content (AvgIpc) is 2.45. The van der Waals surface area contributed by atoms with Gasteiger partial charge in [0, 0.05) is 31.6 Å². The fourth-order valence-electron chi connectivity index (χ4n) is 1.67. The topological polar surface area (TPSA) is 70.7 Å². The first-order chi connectivity index (χ1) is 10.5. The molecule has 0 fully saturated rings. The highest BCUT2D eigenvalue weighted by atomic mass is 35.5. The highest BCUT2D eigenvalue weighted by Crippen LogP contribution is 2.15. The summed E-state index contributed by atoms with van der Waals surface area (Å²) in [4.78, 5) is 24.2. The van der Waals surface area contributed by atoms with Crippen LogP contribution in [-0.2, 0) is 9.59 Å². The number of likely N-dealkylation sites (N-methyl/N-ethyl adjacent to an activating group) is 1. The van der Waals surface area contributed by atoms with Crippen LogP contribution >= 0.6 is 11.6 Å². The Bertz CT molecular complexity index is 479. The highest BCUT2D eigenvalue weighted by molar-refractivity contribution is 6.30. The van der Waals surface area contributed by atoms with Gasteiger partial charge in [-0.1, -0.05) is 11.6 Å². The lowest BCUT2D eigenvalue weighted by Crippen LogP contribution is -2.40. The molecule has 0 atom stereocenters. The minimum Gasteiger partial charge on any atom is -0.492 e. The van der Waals surface area contributed by atoms with Crippen molar-refractivity contribution in [3.05, 3.63) is 29.3 Å². The van der Waals surface area contributed by atoms with Gasteiger partial charge in [0.15, 0.2) is 0 Å². The molecule has 0 saturated heterocycles. The van der Waals surface area contributed by atoms with Crippen molar-refractivity contribution < 1.29 is 14.3 Å². The number of benzene rings is 1. The van der Waals surface area contributed by atoms with E-state index in [0.29, 0.717) is 31.3 Å². The second kappa shape index (κ2) is 10.0. The zero-order valence-corrected chi connectivity index (χ0v) is 13.7. The number of nitrogens with one attached hydrogen (secondary N) is 2. The molecule has 0 saturated carbocycles. The summed E-state index contributed by atoms with van der Waals surface area (Å²) in [5, 5.41) is 6.01. The van der Waals surface area contributed by atoms with Crippen molar-refractivity contribution in [2.75, 3.05) is 39.8 Å². The van der Waals surface area contributed by atoms with Gasteiger partial charge in [-0.3, -0.25) is 14.5 Å². The van der Waals surface area contributed by atoms with Crippen LogP contribution in [0.1, 0.15) is 6.92 Å². The van der Waals surface area contributed by atoms with Gasteiger partial charge in [-0.15, -0.1) is 0 Å². The maximum absolute atomic E-state index is 11.6. The van der Waals surface area contributed by atoms with Crippen LogP contribution in [0.5, 0.6) is 5.75 Å². The number of carbonyl (C=O) groups is 2. The Morgan fingerprint density at radius 3 is 2.45 bits per heavy atom. The lowest BCUT2D eigenvalue weighted by Gasteiger charge is -2.16. The predicted octanol–water partition coefficient (Wildman–Crippen LogP) is 0.903. The molecule has 0 radical (unpaired) electrons. The van der Waals surface area contributed by atoms with Gasteiger partial charge in [-0.25, -0.2) is 0 Å². The zero-order valence-electron chi connectivity index (χ0n) is 12.9. The van der Waals surface area contributed by atoms with Gasteiger partial charge in [0.2, 0.25) is 11.8 Å². The van der Waals surface area contributed by atoms with Gasteiger partial charge >= 0.3 is 0 Å². The quantitative estimate of drug-likeness (QED) is 0.661. The molecule has 0 unspecified atom stereocenters. The minimum atomic E-state index is -0.106. The van der Waals surface area contributed by atoms with Crippen molar-refractivity contribution in [2.45, 2.75) is 6.92 Å². The Kier molecular flexibility index (Phi) is 8.32. The van der Waals surface area contributed by atoms with E-state index in [4.69, 9.17) is 16.3 Å². The van der Waals surface area contributed by atoms with E-state index in [9.17, 15) is 9.59 Å². The molecule has 6 nitrogen and oxygen atoms in total. The number of nitrogens with zero attached hydrogens (tertiary/aromatic N) is 1. The van der Waals surface area contributed by atoms with Crippen molar-refractivity contribution in [1.29, 1.82) is 0 Å². The first-order valence-electron chi connectivity index (χ1n) is 7.05.